The van der Waals surface area contributed by atoms with Crippen molar-refractivity contribution in [2.45, 2.75) is 0 Å². The highest BCUT2D eigenvalue weighted by atomic mass is 32.1. The Kier molecular flexibility index (Phi) is 2.57. The molecule has 27 heavy (non-hydrogen) atoms. The number of thiophene rings is 2. The van der Waals surface area contributed by atoms with Crippen LogP contribution in [0.3, 0.4) is 0 Å². The minimum atomic E-state index is 1.21. The first-order chi connectivity index (χ1) is 13.4. The standard InChI is InChI=1S/C24H13NS2/c1-3-7-18-13(5-1)15-9-10-20-23(24(15)25-18)17-12-21-16(11-22(17)27-20)14-6-2-4-8-19(14)26-21/h1-12,25H. The summed E-state index contributed by atoms with van der Waals surface area (Å²) < 4.78 is 5.46. The fraction of sp³-hybridized carbons (Fsp3) is 0. The average Bonchev–Trinajstić information content (AvgIpc) is 3.36. The Morgan fingerprint density at radius 2 is 1.26 bits per heavy atom. The topological polar surface area (TPSA) is 15.8 Å². The average molecular weight is 380 g/mol. The molecule has 0 amide bonds. The maximum Gasteiger partial charge on any atom is 0.0559 e. The second-order valence-electron chi connectivity index (χ2n) is 7.08. The van der Waals surface area contributed by atoms with E-state index in [4.69, 9.17) is 0 Å². The third-order valence-corrected chi connectivity index (χ3v) is 7.86. The molecule has 0 atom stereocenters. The van der Waals surface area contributed by atoms with E-state index in [1.807, 2.05) is 22.7 Å². The second-order valence-corrected chi connectivity index (χ2v) is 9.24. The first-order valence-electron chi connectivity index (χ1n) is 9.04. The molecule has 0 unspecified atom stereocenters. The zero-order valence-corrected chi connectivity index (χ0v) is 15.9. The highest BCUT2D eigenvalue weighted by Crippen LogP contribution is 2.44. The number of hydrogen-bond acceptors (Lipinski definition) is 2. The van der Waals surface area contributed by atoms with Crippen molar-refractivity contribution < 1.29 is 0 Å². The minimum absolute atomic E-state index is 1.21. The molecule has 3 aromatic heterocycles. The van der Waals surface area contributed by atoms with Crippen LogP contribution in [0.5, 0.6) is 0 Å². The maximum absolute atomic E-state index is 3.68. The Morgan fingerprint density at radius 1 is 0.519 bits per heavy atom. The number of aromatic nitrogens is 1. The van der Waals surface area contributed by atoms with Gasteiger partial charge >= 0.3 is 0 Å². The Labute approximate surface area is 162 Å². The monoisotopic (exact) mass is 379 g/mol. The third-order valence-electron chi connectivity index (χ3n) is 5.61. The van der Waals surface area contributed by atoms with E-state index < -0.39 is 0 Å². The van der Waals surface area contributed by atoms with E-state index in [1.54, 1.807) is 0 Å². The van der Waals surface area contributed by atoms with E-state index >= 15 is 0 Å². The molecule has 126 valence electrons. The molecular weight excluding hydrogens is 366 g/mol. The summed E-state index contributed by atoms with van der Waals surface area (Å²) in [4.78, 5) is 3.68. The van der Waals surface area contributed by atoms with Gasteiger partial charge in [0.25, 0.3) is 0 Å². The lowest BCUT2D eigenvalue weighted by Gasteiger charge is -1.96. The molecule has 0 bridgehead atoms. The Bertz CT molecular complexity index is 1680. The number of para-hydroxylation sites is 1. The molecule has 1 N–H and O–H groups in total. The van der Waals surface area contributed by atoms with Crippen molar-refractivity contribution in [2.24, 2.45) is 0 Å². The number of hydrogen-bond donors (Lipinski definition) is 1. The van der Waals surface area contributed by atoms with Crippen LogP contribution >= 0.6 is 22.7 Å². The SMILES string of the molecule is c1ccc2c(c1)[nH]c1c2ccc2sc3cc4c(cc3c21)sc1ccccc14. The maximum atomic E-state index is 3.68. The fourth-order valence-electron chi connectivity index (χ4n) is 4.40. The molecule has 0 aliphatic carbocycles. The number of benzene rings is 4. The van der Waals surface area contributed by atoms with Crippen molar-refractivity contribution >= 4 is 84.8 Å². The van der Waals surface area contributed by atoms with Crippen molar-refractivity contribution in [2.75, 3.05) is 0 Å². The van der Waals surface area contributed by atoms with Gasteiger partial charge in [0.05, 0.1) is 5.52 Å². The van der Waals surface area contributed by atoms with Crippen LogP contribution < -0.4 is 0 Å². The van der Waals surface area contributed by atoms with Crippen LogP contribution in [0.25, 0.3) is 62.2 Å². The van der Waals surface area contributed by atoms with Crippen LogP contribution in [0, 0.1) is 0 Å². The highest BCUT2D eigenvalue weighted by molar-refractivity contribution is 7.27. The van der Waals surface area contributed by atoms with Gasteiger partial charge in [-0.15, -0.1) is 22.7 Å². The fourth-order valence-corrected chi connectivity index (χ4v) is 6.66. The highest BCUT2D eigenvalue weighted by Gasteiger charge is 2.14. The lowest BCUT2D eigenvalue weighted by Crippen LogP contribution is -1.72. The summed E-state index contributed by atoms with van der Waals surface area (Å²) in [5.41, 5.74) is 2.47. The van der Waals surface area contributed by atoms with Crippen molar-refractivity contribution in [1.82, 2.24) is 4.98 Å². The van der Waals surface area contributed by atoms with E-state index in [9.17, 15) is 0 Å². The first kappa shape index (κ1) is 14.2. The summed E-state index contributed by atoms with van der Waals surface area (Å²) in [6, 6.07) is 26.7. The van der Waals surface area contributed by atoms with Gasteiger partial charge in [0.1, 0.15) is 0 Å². The third kappa shape index (κ3) is 1.78. The van der Waals surface area contributed by atoms with E-state index in [1.165, 1.54) is 62.2 Å². The van der Waals surface area contributed by atoms with Gasteiger partial charge in [0.15, 0.2) is 0 Å². The van der Waals surface area contributed by atoms with E-state index in [0.29, 0.717) is 0 Å². The lowest BCUT2D eigenvalue weighted by molar-refractivity contribution is 1.57. The predicted molar refractivity (Wildman–Crippen MR) is 122 cm³/mol. The van der Waals surface area contributed by atoms with E-state index in [-0.39, 0.29) is 0 Å². The Balaban J connectivity index is 1.72. The van der Waals surface area contributed by atoms with Gasteiger partial charge in [-0.2, -0.15) is 0 Å². The zero-order chi connectivity index (χ0) is 17.5. The molecule has 0 aliphatic heterocycles. The van der Waals surface area contributed by atoms with Crippen LogP contribution in [0.2, 0.25) is 0 Å². The van der Waals surface area contributed by atoms with Crippen molar-refractivity contribution in [3.05, 3.63) is 72.8 Å². The van der Waals surface area contributed by atoms with Gasteiger partial charge in [-0.05, 0) is 30.3 Å². The molecule has 7 rings (SSSR count). The van der Waals surface area contributed by atoms with Crippen LogP contribution in [0.1, 0.15) is 0 Å². The second kappa shape index (κ2) is 4.89. The number of rotatable bonds is 0. The quantitative estimate of drug-likeness (QED) is 0.274. The van der Waals surface area contributed by atoms with Crippen molar-refractivity contribution in [3.63, 3.8) is 0 Å². The van der Waals surface area contributed by atoms with Gasteiger partial charge in [0, 0.05) is 56.6 Å². The molecule has 3 heteroatoms. The molecule has 3 heterocycles. The first-order valence-corrected chi connectivity index (χ1v) is 10.7. The molecule has 1 nitrogen and oxygen atoms in total. The van der Waals surface area contributed by atoms with Gasteiger partial charge in [-0.3, -0.25) is 0 Å². The number of fused-ring (bicyclic) bond motifs is 10. The summed E-state index contributed by atoms with van der Waals surface area (Å²) >= 11 is 3.79. The predicted octanol–water partition coefficient (Wildman–Crippen LogP) is 8.06. The van der Waals surface area contributed by atoms with Gasteiger partial charge in [-0.25, -0.2) is 0 Å². The summed E-state index contributed by atoms with van der Waals surface area (Å²) in [6.45, 7) is 0. The van der Waals surface area contributed by atoms with Crippen LogP contribution in [0.15, 0.2) is 72.8 Å². The largest absolute Gasteiger partial charge is 0.354 e. The molecule has 0 aliphatic rings. The lowest BCUT2D eigenvalue weighted by atomic mass is 10.1. The van der Waals surface area contributed by atoms with Crippen LogP contribution in [-0.2, 0) is 0 Å². The van der Waals surface area contributed by atoms with Crippen molar-refractivity contribution in [3.8, 4) is 0 Å². The number of aromatic amines is 1. The number of nitrogens with one attached hydrogen (secondary N) is 1. The summed E-state index contributed by atoms with van der Waals surface area (Å²) in [5, 5.41) is 8.09. The Hall–Kier alpha value is -2.88. The summed E-state index contributed by atoms with van der Waals surface area (Å²) in [6.07, 6.45) is 0. The smallest absolute Gasteiger partial charge is 0.0559 e. The molecule has 0 saturated carbocycles. The van der Waals surface area contributed by atoms with E-state index in [2.05, 4.69) is 77.8 Å². The van der Waals surface area contributed by atoms with E-state index in [0.717, 1.165) is 0 Å². The van der Waals surface area contributed by atoms with Crippen LogP contribution in [-0.4, -0.2) is 4.98 Å². The molecule has 0 radical (unpaired) electrons. The van der Waals surface area contributed by atoms with Crippen molar-refractivity contribution in [1.29, 1.82) is 0 Å². The molecule has 0 saturated heterocycles. The molecule has 4 aromatic carbocycles. The molecular formula is C24H13NS2. The zero-order valence-electron chi connectivity index (χ0n) is 14.2. The van der Waals surface area contributed by atoms with Crippen LogP contribution in [0.4, 0.5) is 0 Å². The Morgan fingerprint density at radius 3 is 2.22 bits per heavy atom. The summed E-state index contributed by atoms with van der Waals surface area (Å²) in [5.74, 6) is 0. The summed E-state index contributed by atoms with van der Waals surface area (Å²) in [7, 11) is 0. The van der Waals surface area contributed by atoms with Gasteiger partial charge in [-0.1, -0.05) is 42.5 Å². The molecule has 0 fully saturated rings. The molecule has 0 spiro atoms. The molecule has 7 aromatic rings. The van der Waals surface area contributed by atoms with Gasteiger partial charge < -0.3 is 4.98 Å². The van der Waals surface area contributed by atoms with Gasteiger partial charge in [0.2, 0.25) is 0 Å². The normalized spacial score (nSPS) is 12.4. The number of H-pyrrole nitrogens is 1. The minimum Gasteiger partial charge on any atom is -0.354 e.